The van der Waals surface area contributed by atoms with Crippen LogP contribution in [0.5, 0.6) is 0 Å². The Morgan fingerprint density at radius 3 is 2.94 bits per heavy atom. The molecule has 92 valence electrons. The number of rotatable bonds is 4. The number of β-amino-alcohol motifs (C(OH)–C–C–N with tert-alkyl or cyclic N) is 1. The van der Waals surface area contributed by atoms with Crippen molar-refractivity contribution < 1.29 is 9.84 Å². The minimum atomic E-state index is 0.0161. The van der Waals surface area contributed by atoms with E-state index in [-0.39, 0.29) is 12.8 Å². The van der Waals surface area contributed by atoms with Crippen molar-refractivity contribution in [3.8, 4) is 0 Å². The van der Waals surface area contributed by atoms with Crippen molar-refractivity contribution in [1.29, 1.82) is 0 Å². The molecule has 1 aliphatic heterocycles. The van der Waals surface area contributed by atoms with Crippen LogP contribution in [0.3, 0.4) is 0 Å². The zero-order chi connectivity index (χ0) is 12.1. The van der Waals surface area contributed by atoms with Crippen LogP contribution >= 0.6 is 0 Å². The summed E-state index contributed by atoms with van der Waals surface area (Å²) in [6.07, 6.45) is 2.16. The van der Waals surface area contributed by atoms with Crippen LogP contribution in [0.2, 0.25) is 0 Å². The second kappa shape index (κ2) is 5.96. The molecule has 0 bridgehead atoms. The van der Waals surface area contributed by atoms with Crippen molar-refractivity contribution in [2.45, 2.75) is 13.2 Å². The predicted octanol–water partition coefficient (Wildman–Crippen LogP) is 1.74. The van der Waals surface area contributed by atoms with Crippen molar-refractivity contribution in [2.75, 3.05) is 26.3 Å². The fraction of sp³-hybridized carbons (Fsp3) is 0.429. The summed E-state index contributed by atoms with van der Waals surface area (Å²) in [6, 6.07) is 10.2. The fourth-order valence-corrected chi connectivity index (χ4v) is 2.16. The van der Waals surface area contributed by atoms with Crippen LogP contribution < -0.4 is 0 Å². The van der Waals surface area contributed by atoms with Crippen molar-refractivity contribution in [2.24, 2.45) is 0 Å². The highest BCUT2D eigenvalue weighted by atomic mass is 16.5. The van der Waals surface area contributed by atoms with Gasteiger partial charge in [0.05, 0.1) is 13.2 Å². The molecule has 0 amide bonds. The molecule has 0 saturated carbocycles. The molecule has 0 spiro atoms. The molecule has 0 aliphatic carbocycles. The molecule has 1 saturated heterocycles. The molecule has 0 aromatic heterocycles. The summed E-state index contributed by atoms with van der Waals surface area (Å²) in [7, 11) is 0. The van der Waals surface area contributed by atoms with Gasteiger partial charge < -0.3 is 9.84 Å². The van der Waals surface area contributed by atoms with Crippen molar-refractivity contribution in [1.82, 2.24) is 4.90 Å². The van der Waals surface area contributed by atoms with Gasteiger partial charge >= 0.3 is 0 Å². The van der Waals surface area contributed by atoms with Crippen LogP contribution in [0.4, 0.5) is 0 Å². The predicted molar refractivity (Wildman–Crippen MR) is 68.5 cm³/mol. The molecule has 17 heavy (non-hydrogen) atoms. The molecular formula is C14H19NO2. The van der Waals surface area contributed by atoms with Crippen LogP contribution in [-0.4, -0.2) is 42.5 Å². The molecule has 3 nitrogen and oxygen atoms in total. The summed E-state index contributed by atoms with van der Waals surface area (Å²) in [6.45, 7) is 4.56. The summed E-state index contributed by atoms with van der Waals surface area (Å²) in [5.74, 6) is 0. The smallest absolute Gasteiger partial charge is 0.133 e. The van der Waals surface area contributed by atoms with Crippen molar-refractivity contribution >= 4 is 6.08 Å². The Kier molecular flexibility index (Phi) is 4.31. The monoisotopic (exact) mass is 233 g/mol. The minimum absolute atomic E-state index is 0.0161. The van der Waals surface area contributed by atoms with Gasteiger partial charge in [-0.15, -0.1) is 0 Å². The van der Waals surface area contributed by atoms with Crippen molar-refractivity contribution in [3.05, 3.63) is 41.5 Å². The van der Waals surface area contributed by atoms with Gasteiger partial charge in [-0.2, -0.15) is 0 Å². The van der Waals surface area contributed by atoms with Gasteiger partial charge in [0.25, 0.3) is 0 Å². The molecule has 1 aromatic carbocycles. The molecule has 1 atom stereocenters. The first-order valence-corrected chi connectivity index (χ1v) is 6.01. The van der Waals surface area contributed by atoms with E-state index in [1.54, 1.807) is 0 Å². The third kappa shape index (κ3) is 3.16. The number of aliphatic hydroxyl groups excluding tert-OH is 1. The van der Waals surface area contributed by atoms with E-state index in [4.69, 9.17) is 9.84 Å². The van der Waals surface area contributed by atoms with Crippen LogP contribution in [0.15, 0.2) is 35.9 Å². The van der Waals surface area contributed by atoms with E-state index in [0.717, 1.165) is 13.2 Å². The number of nitrogens with zero attached hydrogens (tertiary/aromatic N) is 1. The van der Waals surface area contributed by atoms with Crippen LogP contribution in [0, 0.1) is 0 Å². The van der Waals surface area contributed by atoms with E-state index < -0.39 is 0 Å². The molecule has 3 heteroatoms. The van der Waals surface area contributed by atoms with E-state index in [9.17, 15) is 0 Å². The average molecular weight is 233 g/mol. The lowest BCUT2D eigenvalue weighted by atomic mass is 10.1. The average Bonchev–Trinajstić information content (AvgIpc) is 2.79. The van der Waals surface area contributed by atoms with Crippen LogP contribution in [0.25, 0.3) is 6.08 Å². The number of aliphatic hydroxyl groups is 1. The second-order valence-corrected chi connectivity index (χ2v) is 4.28. The number of ether oxygens (including phenoxy) is 1. The Balaban J connectivity index is 2.08. The van der Waals surface area contributed by atoms with E-state index in [2.05, 4.69) is 30.0 Å². The summed E-state index contributed by atoms with van der Waals surface area (Å²) < 4.78 is 5.70. The normalized spacial score (nSPS) is 22.0. The summed E-state index contributed by atoms with van der Waals surface area (Å²) >= 11 is 0. The molecule has 1 aliphatic rings. The van der Waals surface area contributed by atoms with Crippen LogP contribution in [0.1, 0.15) is 12.5 Å². The number of benzene rings is 1. The van der Waals surface area contributed by atoms with Crippen LogP contribution in [-0.2, 0) is 4.74 Å². The lowest BCUT2D eigenvalue weighted by molar-refractivity contribution is 0.0557. The first-order valence-electron chi connectivity index (χ1n) is 6.01. The first-order chi connectivity index (χ1) is 8.31. The molecule has 0 radical (unpaired) electrons. The van der Waals surface area contributed by atoms with E-state index >= 15 is 0 Å². The SMILES string of the molecule is CC(=Cc1ccccc1)C1OCCN1CCO. The minimum Gasteiger partial charge on any atom is -0.395 e. The zero-order valence-corrected chi connectivity index (χ0v) is 10.2. The third-order valence-electron chi connectivity index (χ3n) is 2.96. The molecular weight excluding hydrogens is 214 g/mol. The topological polar surface area (TPSA) is 32.7 Å². The maximum atomic E-state index is 9.00. The lowest BCUT2D eigenvalue weighted by Crippen LogP contribution is -2.33. The Morgan fingerprint density at radius 1 is 1.47 bits per heavy atom. The molecule has 1 aromatic rings. The second-order valence-electron chi connectivity index (χ2n) is 4.28. The largest absolute Gasteiger partial charge is 0.395 e. The lowest BCUT2D eigenvalue weighted by Gasteiger charge is -2.22. The van der Waals surface area contributed by atoms with Gasteiger partial charge in [-0.25, -0.2) is 0 Å². The van der Waals surface area contributed by atoms with Gasteiger partial charge in [-0.1, -0.05) is 36.4 Å². The molecule has 1 N–H and O–H groups in total. The van der Waals surface area contributed by atoms with Gasteiger partial charge in [-0.05, 0) is 18.1 Å². The molecule has 1 heterocycles. The Hall–Kier alpha value is -1.16. The maximum absolute atomic E-state index is 9.00. The number of hydrogen-bond donors (Lipinski definition) is 1. The molecule has 1 fully saturated rings. The molecule has 2 rings (SSSR count). The Labute approximate surface area is 102 Å². The fourth-order valence-electron chi connectivity index (χ4n) is 2.16. The van der Waals surface area contributed by atoms with E-state index in [1.165, 1.54) is 11.1 Å². The summed E-state index contributed by atoms with van der Waals surface area (Å²) in [5, 5.41) is 9.00. The van der Waals surface area contributed by atoms with E-state index in [0.29, 0.717) is 6.54 Å². The summed E-state index contributed by atoms with van der Waals surface area (Å²) in [4.78, 5) is 2.16. The maximum Gasteiger partial charge on any atom is 0.133 e. The third-order valence-corrected chi connectivity index (χ3v) is 2.96. The number of hydrogen-bond acceptors (Lipinski definition) is 3. The highest BCUT2D eigenvalue weighted by Gasteiger charge is 2.25. The van der Waals surface area contributed by atoms with Gasteiger partial charge in [-0.3, -0.25) is 4.90 Å². The van der Waals surface area contributed by atoms with Gasteiger partial charge in [0.2, 0.25) is 0 Å². The van der Waals surface area contributed by atoms with Gasteiger partial charge in [0.1, 0.15) is 6.23 Å². The highest BCUT2D eigenvalue weighted by molar-refractivity contribution is 5.53. The van der Waals surface area contributed by atoms with Crippen molar-refractivity contribution in [3.63, 3.8) is 0 Å². The molecule has 1 unspecified atom stereocenters. The Morgan fingerprint density at radius 2 is 2.24 bits per heavy atom. The first kappa shape index (κ1) is 12.3. The van der Waals surface area contributed by atoms with E-state index in [1.807, 2.05) is 18.2 Å². The van der Waals surface area contributed by atoms with Gasteiger partial charge in [0, 0.05) is 13.1 Å². The Bertz CT molecular complexity index is 375. The zero-order valence-electron chi connectivity index (χ0n) is 10.2. The highest BCUT2D eigenvalue weighted by Crippen LogP contribution is 2.19. The van der Waals surface area contributed by atoms with Gasteiger partial charge in [0.15, 0.2) is 0 Å². The standard InChI is InChI=1S/C14H19NO2/c1-12(11-13-5-3-2-4-6-13)14-15(7-9-16)8-10-17-14/h2-6,11,14,16H,7-10H2,1H3. The summed E-state index contributed by atoms with van der Waals surface area (Å²) in [5.41, 5.74) is 2.37. The quantitative estimate of drug-likeness (QED) is 0.860.